The zero-order valence-electron chi connectivity index (χ0n) is 36.1. The summed E-state index contributed by atoms with van der Waals surface area (Å²) in [6, 6.07) is -4.93. The topological polar surface area (TPSA) is 480 Å². The molecule has 6 atom stereocenters. The second-order valence-corrected chi connectivity index (χ2v) is 16.3. The van der Waals surface area contributed by atoms with Crippen molar-refractivity contribution in [3.63, 3.8) is 0 Å². The van der Waals surface area contributed by atoms with E-state index in [0.29, 0.717) is 6.42 Å². The normalized spacial score (nSPS) is 15.5. The number of hydrogen-bond acceptors (Lipinski definition) is 15. The Morgan fingerprint density at radius 3 is 1.63 bits per heavy atom. The molecule has 0 spiro atoms. The monoisotopic (exact) mass is 987 g/mol. The third-order valence-electron chi connectivity index (χ3n) is 9.81. The van der Waals surface area contributed by atoms with Gasteiger partial charge in [0.1, 0.15) is 36.0 Å². The number of likely N-dealkylation sites (tertiary alicyclic amines) is 1. The fourth-order valence-electron chi connectivity index (χ4n) is 6.38. The Morgan fingerprint density at radius 1 is 0.647 bits per heavy atom. The molecule has 16 N–H and O–H groups in total. The molecule has 0 unspecified atom stereocenters. The van der Waals surface area contributed by atoms with Gasteiger partial charge in [0.25, 0.3) is 0 Å². The van der Waals surface area contributed by atoms with Gasteiger partial charge in [0, 0.05) is 38.6 Å². The molecule has 2 rings (SSSR count). The summed E-state index contributed by atoms with van der Waals surface area (Å²) in [6.07, 6.45) is -4.54. The second-order valence-electron chi connectivity index (χ2n) is 15.2. The summed E-state index contributed by atoms with van der Waals surface area (Å²) < 4.78 is 15.9. The highest BCUT2D eigenvalue weighted by Crippen LogP contribution is 2.37. The van der Waals surface area contributed by atoms with Gasteiger partial charge in [0.2, 0.25) is 47.3 Å². The predicted molar refractivity (Wildman–Crippen MR) is 226 cm³/mol. The molecular formula is C38H54N9O20P. The maximum Gasteiger partial charge on any atom is 0.524 e. The number of amides is 8. The van der Waals surface area contributed by atoms with Crippen molar-refractivity contribution in [1.29, 1.82) is 0 Å². The lowest BCUT2D eigenvalue weighted by molar-refractivity contribution is -0.148. The van der Waals surface area contributed by atoms with Crippen molar-refractivity contribution in [3.8, 4) is 5.75 Å². The van der Waals surface area contributed by atoms with Crippen LogP contribution in [0, 0.1) is 0 Å². The van der Waals surface area contributed by atoms with E-state index in [1.165, 1.54) is 12.1 Å². The van der Waals surface area contributed by atoms with Crippen molar-refractivity contribution in [2.45, 2.75) is 107 Å². The highest BCUT2D eigenvalue weighted by molar-refractivity contribution is 7.46. The highest BCUT2D eigenvalue weighted by Gasteiger charge is 2.36. The number of phosphoric ester groups is 1. The van der Waals surface area contributed by atoms with E-state index >= 15 is 0 Å². The average Bonchev–Trinajstić information content (AvgIpc) is 3.76. The van der Waals surface area contributed by atoms with E-state index in [2.05, 4.69) is 36.4 Å². The molecule has 1 aromatic carbocycles. The van der Waals surface area contributed by atoms with E-state index < -0.39 is 180 Å². The van der Waals surface area contributed by atoms with Crippen LogP contribution in [0.4, 0.5) is 0 Å². The number of carbonyl (C=O) groups is 12. The summed E-state index contributed by atoms with van der Waals surface area (Å²) in [5, 5.41) is 50.5. The summed E-state index contributed by atoms with van der Waals surface area (Å²) in [5.74, 6) is -14.2. The lowest BCUT2D eigenvalue weighted by Crippen LogP contribution is -2.59. The van der Waals surface area contributed by atoms with Crippen molar-refractivity contribution >= 4 is 79.0 Å². The first-order chi connectivity index (χ1) is 31.8. The van der Waals surface area contributed by atoms with E-state index in [-0.39, 0.29) is 30.7 Å². The Labute approximate surface area is 385 Å². The van der Waals surface area contributed by atoms with E-state index in [1.807, 2.05) is 0 Å². The van der Waals surface area contributed by atoms with Gasteiger partial charge in [-0.15, -0.1) is 0 Å². The van der Waals surface area contributed by atoms with E-state index in [0.717, 1.165) is 17.0 Å². The van der Waals surface area contributed by atoms with Crippen LogP contribution in [0.5, 0.6) is 5.75 Å². The Kier molecular flexibility index (Phi) is 22.9. The average molecular weight is 988 g/mol. The zero-order valence-corrected chi connectivity index (χ0v) is 37.0. The number of nitrogens with one attached hydrogen (secondary N) is 6. The standard InChI is InChI=1S/C38H54N9O20P/c39-21(7-12-30(51)52)33(57)41-17-28(49)43-23(8-11-27(40)48)35(59)46-25(16-19-3-5-20(6-4-19)67-68(64,65)66)37(61)45-24(10-14-32(55)56)36(60)44-22(9-13-31(53)54)34(58)42-18-29(50)47-15-1-2-26(47)38(62)63/h3-6,21-26H,1-2,7-18,39H2,(H2,40,48)(H,41,57)(H,42,58)(H,43,49)(H,44,60)(H,45,61)(H,46,59)(H,51,52)(H,53,54)(H,55,56)(H,62,63)(H2,64,65,66)/t21-,22-,23-,24-,25-,26+/m0/s1. The molecular weight excluding hydrogens is 933 g/mol. The molecule has 1 fully saturated rings. The second kappa shape index (κ2) is 27.4. The molecule has 1 heterocycles. The molecule has 68 heavy (non-hydrogen) atoms. The van der Waals surface area contributed by atoms with Gasteiger partial charge in [-0.3, -0.25) is 62.5 Å². The molecule has 1 aliphatic rings. The Balaban J connectivity index is 2.43. The van der Waals surface area contributed by atoms with Crippen LogP contribution in [0.1, 0.15) is 69.8 Å². The SMILES string of the molecule is NC(=O)CC[C@H](NC(=O)CNC(=O)[C@@H](N)CCC(=O)O)C(=O)N[C@@H](Cc1ccc(OP(=O)(O)O)cc1)C(=O)N[C@@H](CCC(=O)O)C(=O)N[C@@H](CCC(=O)O)C(=O)NCC(=O)N1CCC[C@@H]1C(=O)O. The van der Waals surface area contributed by atoms with E-state index in [9.17, 15) is 77.4 Å². The van der Waals surface area contributed by atoms with Crippen LogP contribution in [0.2, 0.25) is 0 Å². The summed E-state index contributed by atoms with van der Waals surface area (Å²) in [7, 11) is -5.02. The van der Waals surface area contributed by atoms with Crippen LogP contribution in [-0.4, -0.2) is 162 Å². The molecule has 0 saturated carbocycles. The fourth-order valence-corrected chi connectivity index (χ4v) is 6.77. The number of carboxylic acid groups (broad SMARTS) is 4. The van der Waals surface area contributed by atoms with E-state index in [4.69, 9.17) is 26.4 Å². The lowest BCUT2D eigenvalue weighted by atomic mass is 10.0. The van der Waals surface area contributed by atoms with Gasteiger partial charge in [-0.2, -0.15) is 0 Å². The fraction of sp³-hybridized carbons (Fsp3) is 0.526. The predicted octanol–water partition coefficient (Wildman–Crippen LogP) is -4.87. The molecule has 0 radical (unpaired) electrons. The Morgan fingerprint density at radius 2 is 1.12 bits per heavy atom. The highest BCUT2D eigenvalue weighted by atomic mass is 31.2. The van der Waals surface area contributed by atoms with Crippen molar-refractivity contribution in [3.05, 3.63) is 29.8 Å². The van der Waals surface area contributed by atoms with Crippen molar-refractivity contribution in [2.24, 2.45) is 11.5 Å². The molecule has 376 valence electrons. The van der Waals surface area contributed by atoms with Crippen molar-refractivity contribution < 1.29 is 96.8 Å². The molecule has 0 bridgehead atoms. The van der Waals surface area contributed by atoms with Crippen molar-refractivity contribution in [1.82, 2.24) is 36.8 Å². The summed E-state index contributed by atoms with van der Waals surface area (Å²) in [4.78, 5) is 169. The Hall–Kier alpha value is -7.23. The maximum absolute atomic E-state index is 14.1. The van der Waals surface area contributed by atoms with Crippen LogP contribution < -0.4 is 47.9 Å². The number of aliphatic carboxylic acids is 4. The number of nitrogens with zero attached hydrogens (tertiary/aromatic N) is 1. The van der Waals surface area contributed by atoms with Gasteiger partial charge in [-0.1, -0.05) is 12.1 Å². The zero-order chi connectivity index (χ0) is 51.3. The number of carbonyl (C=O) groups excluding carboxylic acids is 8. The number of phosphoric acid groups is 1. The van der Waals surface area contributed by atoms with Crippen molar-refractivity contribution in [2.75, 3.05) is 19.6 Å². The summed E-state index contributed by atoms with van der Waals surface area (Å²) in [6.45, 7) is -1.49. The smallest absolute Gasteiger partial charge is 0.481 e. The Bertz CT molecular complexity index is 2100. The first-order valence-electron chi connectivity index (χ1n) is 20.6. The molecule has 1 aliphatic heterocycles. The maximum atomic E-state index is 14.1. The number of primary amides is 1. The van der Waals surface area contributed by atoms with Crippen LogP contribution >= 0.6 is 7.82 Å². The largest absolute Gasteiger partial charge is 0.524 e. The lowest BCUT2D eigenvalue weighted by Gasteiger charge is -2.27. The molecule has 1 aromatic rings. The van der Waals surface area contributed by atoms with E-state index in [1.54, 1.807) is 0 Å². The number of nitrogens with two attached hydrogens (primary N) is 2. The van der Waals surface area contributed by atoms with Gasteiger partial charge in [-0.05, 0) is 56.2 Å². The minimum Gasteiger partial charge on any atom is -0.481 e. The number of carboxylic acids is 4. The molecule has 1 saturated heterocycles. The molecule has 29 nitrogen and oxygen atoms in total. The van der Waals surface area contributed by atoms with Gasteiger partial charge < -0.3 is 73.2 Å². The van der Waals surface area contributed by atoms with Crippen LogP contribution in [0.3, 0.4) is 0 Å². The third kappa shape index (κ3) is 21.4. The van der Waals surface area contributed by atoms with Crippen LogP contribution in [0.15, 0.2) is 24.3 Å². The van der Waals surface area contributed by atoms with Crippen LogP contribution in [0.25, 0.3) is 0 Å². The molecule has 0 aromatic heterocycles. The first-order valence-corrected chi connectivity index (χ1v) is 22.1. The number of rotatable bonds is 30. The van der Waals surface area contributed by atoms with Gasteiger partial charge in [-0.25, -0.2) is 9.36 Å². The first kappa shape index (κ1) is 56.9. The number of hydrogen-bond donors (Lipinski definition) is 14. The van der Waals surface area contributed by atoms with Crippen LogP contribution in [-0.2, 0) is 68.5 Å². The molecule has 8 amide bonds. The number of benzene rings is 1. The minimum atomic E-state index is -5.02. The minimum absolute atomic E-state index is 0.0737. The molecule has 30 heteroatoms. The van der Waals surface area contributed by atoms with Gasteiger partial charge in [0.05, 0.1) is 19.1 Å². The molecule has 0 aliphatic carbocycles. The summed E-state index contributed by atoms with van der Waals surface area (Å²) in [5.41, 5.74) is 11.0. The quantitative estimate of drug-likeness (QED) is 0.0321. The summed E-state index contributed by atoms with van der Waals surface area (Å²) >= 11 is 0. The van der Waals surface area contributed by atoms with Gasteiger partial charge in [0.15, 0.2) is 0 Å². The van der Waals surface area contributed by atoms with Gasteiger partial charge >= 0.3 is 31.7 Å². The third-order valence-corrected chi connectivity index (χ3v) is 10.3.